The molecule has 1 fully saturated rings. The van der Waals surface area contributed by atoms with E-state index in [9.17, 15) is 8.42 Å². The molecule has 0 aromatic heterocycles. The highest BCUT2D eigenvalue weighted by Crippen LogP contribution is 2.18. The number of hydrogen-bond acceptors (Lipinski definition) is 3. The minimum absolute atomic E-state index is 0.299. The molecular weight excluding hydrogens is 236 g/mol. The molecule has 5 heteroatoms. The maximum atomic E-state index is 12.0. The molecule has 0 bridgehead atoms. The fourth-order valence-corrected chi connectivity index (χ4v) is 3.56. The Balaban J connectivity index is 2.17. The van der Waals surface area contributed by atoms with E-state index in [1.165, 1.54) is 12.8 Å². The monoisotopic (exact) mass is 262 g/mol. The number of nitrogens with zero attached hydrogens (tertiary/aromatic N) is 1. The quantitative estimate of drug-likeness (QED) is 0.608. The first-order chi connectivity index (χ1) is 8.10. The van der Waals surface area contributed by atoms with Gasteiger partial charge in [0.05, 0.1) is 5.75 Å². The highest BCUT2D eigenvalue weighted by molar-refractivity contribution is 7.89. The van der Waals surface area contributed by atoms with Crippen LogP contribution in [0.15, 0.2) is 0 Å². The predicted octanol–water partition coefficient (Wildman–Crippen LogP) is 1.58. The summed E-state index contributed by atoms with van der Waals surface area (Å²) in [5.74, 6) is 0.299. The number of nitrogens with one attached hydrogen (secondary N) is 1. The summed E-state index contributed by atoms with van der Waals surface area (Å²) in [6, 6.07) is 0.721. The molecule has 0 saturated heterocycles. The summed E-state index contributed by atoms with van der Waals surface area (Å²) < 4.78 is 25.5. The van der Waals surface area contributed by atoms with Gasteiger partial charge in [-0.25, -0.2) is 12.7 Å². The van der Waals surface area contributed by atoms with Crippen LogP contribution in [0.3, 0.4) is 0 Å². The van der Waals surface area contributed by atoms with Crippen LogP contribution in [-0.2, 0) is 10.0 Å². The first-order valence-corrected chi connectivity index (χ1v) is 8.42. The van der Waals surface area contributed by atoms with Gasteiger partial charge in [-0.2, -0.15) is 0 Å². The second kappa shape index (κ2) is 7.34. The molecule has 0 aliphatic heterocycles. The van der Waals surface area contributed by atoms with Crippen molar-refractivity contribution in [3.63, 3.8) is 0 Å². The van der Waals surface area contributed by atoms with Gasteiger partial charge in [-0.05, 0) is 38.6 Å². The molecule has 1 rings (SSSR count). The molecule has 1 saturated carbocycles. The van der Waals surface area contributed by atoms with Gasteiger partial charge in [0.1, 0.15) is 0 Å². The minimum Gasteiger partial charge on any atom is -0.314 e. The Hall–Kier alpha value is -0.130. The summed E-state index contributed by atoms with van der Waals surface area (Å²) in [7, 11) is -3.01. The molecule has 0 aromatic rings. The third-order valence-electron chi connectivity index (χ3n) is 3.06. The SMILES string of the molecule is CCCN(CC)S(=O)(=O)CCCCNC1CC1. The van der Waals surface area contributed by atoms with Crippen molar-refractivity contribution >= 4 is 10.0 Å². The van der Waals surface area contributed by atoms with Crippen molar-refractivity contribution in [3.8, 4) is 0 Å². The Bertz CT molecular complexity index is 300. The van der Waals surface area contributed by atoms with Gasteiger partial charge in [-0.3, -0.25) is 0 Å². The lowest BCUT2D eigenvalue weighted by atomic mass is 10.3. The van der Waals surface area contributed by atoms with Gasteiger partial charge in [0.2, 0.25) is 10.0 Å². The normalized spacial score (nSPS) is 16.6. The van der Waals surface area contributed by atoms with Crippen molar-refractivity contribution in [2.75, 3.05) is 25.4 Å². The van der Waals surface area contributed by atoms with E-state index in [0.717, 1.165) is 31.8 Å². The summed E-state index contributed by atoms with van der Waals surface area (Å²) >= 11 is 0. The maximum Gasteiger partial charge on any atom is 0.214 e. The molecule has 0 amide bonds. The van der Waals surface area contributed by atoms with Crippen LogP contribution < -0.4 is 5.32 Å². The minimum atomic E-state index is -3.01. The van der Waals surface area contributed by atoms with Gasteiger partial charge < -0.3 is 5.32 Å². The molecule has 0 unspecified atom stereocenters. The predicted molar refractivity (Wildman–Crippen MR) is 71.6 cm³/mol. The standard InChI is InChI=1S/C12H26N2O2S/c1-3-10-14(4-2)17(15,16)11-6-5-9-13-12-7-8-12/h12-13H,3-11H2,1-2H3. The van der Waals surface area contributed by atoms with Crippen LogP contribution in [0.1, 0.15) is 46.0 Å². The van der Waals surface area contributed by atoms with Gasteiger partial charge >= 0.3 is 0 Å². The third-order valence-corrected chi connectivity index (χ3v) is 5.09. The first-order valence-electron chi connectivity index (χ1n) is 6.81. The number of sulfonamides is 1. The lowest BCUT2D eigenvalue weighted by molar-refractivity contribution is 0.425. The molecule has 1 aliphatic rings. The van der Waals surface area contributed by atoms with Crippen LogP contribution >= 0.6 is 0 Å². The van der Waals surface area contributed by atoms with E-state index in [4.69, 9.17) is 0 Å². The molecular formula is C12H26N2O2S. The van der Waals surface area contributed by atoms with Gasteiger partial charge in [0.15, 0.2) is 0 Å². The van der Waals surface area contributed by atoms with Crippen molar-refractivity contribution < 1.29 is 8.42 Å². The number of unbranched alkanes of at least 4 members (excludes halogenated alkanes) is 1. The topological polar surface area (TPSA) is 49.4 Å². The van der Waals surface area contributed by atoms with E-state index in [0.29, 0.717) is 18.8 Å². The Kier molecular flexibility index (Phi) is 6.44. The fraction of sp³-hybridized carbons (Fsp3) is 1.00. The third kappa shape index (κ3) is 5.84. The molecule has 0 atom stereocenters. The van der Waals surface area contributed by atoms with E-state index < -0.39 is 10.0 Å². The van der Waals surface area contributed by atoms with E-state index >= 15 is 0 Å². The van der Waals surface area contributed by atoms with Crippen molar-refractivity contribution in [3.05, 3.63) is 0 Å². The Labute approximate surface area is 106 Å². The summed E-state index contributed by atoms with van der Waals surface area (Å²) in [6.45, 7) is 6.12. The Morgan fingerprint density at radius 2 is 1.94 bits per heavy atom. The average Bonchev–Trinajstić information content (AvgIpc) is 3.09. The molecule has 0 aromatic carbocycles. The molecule has 17 heavy (non-hydrogen) atoms. The van der Waals surface area contributed by atoms with Gasteiger partial charge in [0.25, 0.3) is 0 Å². The maximum absolute atomic E-state index is 12.0. The highest BCUT2D eigenvalue weighted by atomic mass is 32.2. The van der Waals surface area contributed by atoms with Gasteiger partial charge in [-0.1, -0.05) is 13.8 Å². The van der Waals surface area contributed by atoms with E-state index in [-0.39, 0.29) is 0 Å². The van der Waals surface area contributed by atoms with E-state index in [2.05, 4.69) is 5.32 Å². The Morgan fingerprint density at radius 1 is 1.24 bits per heavy atom. The first kappa shape index (κ1) is 14.9. The van der Waals surface area contributed by atoms with E-state index in [1.54, 1.807) is 4.31 Å². The van der Waals surface area contributed by atoms with Crippen molar-refractivity contribution in [1.82, 2.24) is 9.62 Å². The second-order valence-electron chi connectivity index (χ2n) is 4.74. The van der Waals surface area contributed by atoms with Crippen LogP contribution in [0.2, 0.25) is 0 Å². The molecule has 0 spiro atoms. The summed E-state index contributed by atoms with van der Waals surface area (Å²) in [5, 5.41) is 3.40. The molecule has 0 heterocycles. The smallest absolute Gasteiger partial charge is 0.214 e. The zero-order chi connectivity index (χ0) is 12.7. The van der Waals surface area contributed by atoms with Crippen LogP contribution in [0, 0.1) is 0 Å². The van der Waals surface area contributed by atoms with Crippen LogP contribution in [-0.4, -0.2) is 44.2 Å². The summed E-state index contributed by atoms with van der Waals surface area (Å²) in [5.41, 5.74) is 0. The van der Waals surface area contributed by atoms with Crippen molar-refractivity contribution in [2.24, 2.45) is 0 Å². The Morgan fingerprint density at radius 3 is 2.47 bits per heavy atom. The molecule has 1 aliphatic carbocycles. The zero-order valence-corrected chi connectivity index (χ0v) is 11.9. The number of hydrogen-bond donors (Lipinski definition) is 1. The molecule has 0 radical (unpaired) electrons. The van der Waals surface area contributed by atoms with Crippen molar-refractivity contribution in [1.29, 1.82) is 0 Å². The highest BCUT2D eigenvalue weighted by Gasteiger charge is 2.21. The molecule has 102 valence electrons. The largest absolute Gasteiger partial charge is 0.314 e. The van der Waals surface area contributed by atoms with Crippen LogP contribution in [0.5, 0.6) is 0 Å². The molecule has 1 N–H and O–H groups in total. The summed E-state index contributed by atoms with van der Waals surface area (Å²) in [6.07, 6.45) is 5.19. The van der Waals surface area contributed by atoms with E-state index in [1.807, 2.05) is 13.8 Å². The van der Waals surface area contributed by atoms with Gasteiger partial charge in [-0.15, -0.1) is 0 Å². The van der Waals surface area contributed by atoms with Crippen LogP contribution in [0.25, 0.3) is 0 Å². The van der Waals surface area contributed by atoms with Crippen molar-refractivity contribution in [2.45, 2.75) is 52.0 Å². The zero-order valence-electron chi connectivity index (χ0n) is 11.1. The van der Waals surface area contributed by atoms with Gasteiger partial charge in [0, 0.05) is 19.1 Å². The second-order valence-corrected chi connectivity index (χ2v) is 6.83. The lowest BCUT2D eigenvalue weighted by Gasteiger charge is -2.19. The lowest BCUT2D eigenvalue weighted by Crippen LogP contribution is -2.33. The molecule has 4 nitrogen and oxygen atoms in total. The fourth-order valence-electron chi connectivity index (χ4n) is 1.88. The summed E-state index contributed by atoms with van der Waals surface area (Å²) in [4.78, 5) is 0. The van der Waals surface area contributed by atoms with Crippen LogP contribution in [0.4, 0.5) is 0 Å². The average molecular weight is 262 g/mol. The number of rotatable bonds is 10.